The van der Waals surface area contributed by atoms with E-state index in [4.69, 9.17) is 28.1 Å². The summed E-state index contributed by atoms with van der Waals surface area (Å²) in [7, 11) is -2.30. The number of hydrogen-bond acceptors (Lipinski definition) is 8. The van der Waals surface area contributed by atoms with Gasteiger partial charge in [-0.15, -0.1) is 0 Å². The summed E-state index contributed by atoms with van der Waals surface area (Å²) in [6, 6.07) is 16.7. The Morgan fingerprint density at radius 3 is 2.36 bits per heavy atom. The first-order valence-electron chi connectivity index (χ1n) is 13.5. The molecule has 0 saturated carbocycles. The molecule has 2 saturated heterocycles. The molecule has 2 aliphatic heterocycles. The van der Waals surface area contributed by atoms with Crippen LogP contribution in [0.25, 0.3) is 0 Å². The lowest BCUT2D eigenvalue weighted by Crippen LogP contribution is -2.50. The van der Waals surface area contributed by atoms with Crippen molar-refractivity contribution in [3.63, 3.8) is 0 Å². The van der Waals surface area contributed by atoms with Crippen LogP contribution in [-0.4, -0.2) is 62.5 Å². The smallest absolute Gasteiger partial charge is 0.338 e. The Morgan fingerprint density at radius 1 is 1.05 bits per heavy atom. The normalized spacial score (nSPS) is 27.0. The molecule has 0 bridgehead atoms. The van der Waals surface area contributed by atoms with Gasteiger partial charge in [-0.25, -0.2) is 4.79 Å². The van der Waals surface area contributed by atoms with Gasteiger partial charge in [0.15, 0.2) is 20.4 Å². The Morgan fingerprint density at radius 2 is 1.72 bits per heavy atom. The quantitative estimate of drug-likeness (QED) is 0.332. The number of carbonyl (C=O) groups excluding carboxylic acids is 1. The highest BCUT2D eigenvalue weighted by molar-refractivity contribution is 6.74. The van der Waals surface area contributed by atoms with Crippen molar-refractivity contribution in [2.75, 3.05) is 6.61 Å². The number of hydrogen-bond donors (Lipinski definition) is 1. The summed E-state index contributed by atoms with van der Waals surface area (Å²) in [4.78, 5) is 12.9. The fourth-order valence-electron chi connectivity index (χ4n) is 4.44. The topological polar surface area (TPSA) is 92.7 Å². The van der Waals surface area contributed by atoms with Crippen LogP contribution < -0.4 is 0 Å². The third kappa shape index (κ3) is 7.16. The minimum Gasteiger partial charge on any atom is -0.457 e. The second-order valence-corrected chi connectivity index (χ2v) is 17.0. The Labute approximate surface area is 232 Å². The second-order valence-electron chi connectivity index (χ2n) is 12.2. The van der Waals surface area contributed by atoms with Crippen LogP contribution >= 0.6 is 0 Å². The molecule has 2 aliphatic rings. The average Bonchev–Trinajstić information content (AvgIpc) is 3.39. The maximum absolute atomic E-state index is 12.9. The summed E-state index contributed by atoms with van der Waals surface area (Å²) in [6.07, 6.45) is -3.70. The van der Waals surface area contributed by atoms with Gasteiger partial charge in [0.1, 0.15) is 31.0 Å². The summed E-state index contributed by atoms with van der Waals surface area (Å²) < 4.78 is 36.4. The van der Waals surface area contributed by atoms with E-state index >= 15 is 0 Å². The summed E-state index contributed by atoms with van der Waals surface area (Å²) in [6.45, 7) is 14.9. The van der Waals surface area contributed by atoms with Gasteiger partial charge in [0.05, 0.1) is 18.8 Å². The monoisotopic (exact) mass is 558 g/mol. The van der Waals surface area contributed by atoms with E-state index in [-0.39, 0.29) is 18.3 Å². The predicted octanol–water partition coefficient (Wildman–Crippen LogP) is 5.19. The highest BCUT2D eigenvalue weighted by Gasteiger charge is 2.54. The minimum atomic E-state index is -2.30. The highest BCUT2D eigenvalue weighted by Crippen LogP contribution is 2.41. The first-order valence-corrected chi connectivity index (χ1v) is 16.4. The molecule has 2 heterocycles. The Kier molecular flexibility index (Phi) is 9.02. The molecule has 39 heavy (non-hydrogen) atoms. The number of rotatable bonds is 9. The van der Waals surface area contributed by atoms with Crippen LogP contribution in [0.1, 0.15) is 56.1 Å². The fourth-order valence-corrected chi connectivity index (χ4v) is 5.72. The Balaban J connectivity index is 1.49. The van der Waals surface area contributed by atoms with Gasteiger partial charge >= 0.3 is 5.97 Å². The number of carbonyl (C=O) groups is 1. The van der Waals surface area contributed by atoms with Gasteiger partial charge < -0.3 is 33.2 Å². The molecule has 0 amide bonds. The van der Waals surface area contributed by atoms with E-state index in [0.29, 0.717) is 17.7 Å². The predicted molar refractivity (Wildman–Crippen MR) is 148 cm³/mol. The van der Waals surface area contributed by atoms with Crippen LogP contribution in [0.4, 0.5) is 0 Å². The summed E-state index contributed by atoms with van der Waals surface area (Å²) >= 11 is 0. The standard InChI is InChI=1S/C30H42O8Si/c1-29(2,3)39(6,7)38-26-24(31)25(23-19-35-30(4,5)37-23)36-28(26)34-18-21-15-11-12-16-22(21)27(32)33-17-20-13-9-8-10-14-20/h8-16,23-26,28,31H,17-19H2,1-7H3/t23-,24+,25+,26-,28-/m1/s1. The van der Waals surface area contributed by atoms with Crippen molar-refractivity contribution in [3.8, 4) is 0 Å². The number of ether oxygens (including phenoxy) is 5. The van der Waals surface area contributed by atoms with Gasteiger partial charge in [0.25, 0.3) is 0 Å². The molecule has 0 aromatic heterocycles. The van der Waals surface area contributed by atoms with Crippen molar-refractivity contribution < 1.29 is 38.0 Å². The van der Waals surface area contributed by atoms with E-state index in [2.05, 4.69) is 33.9 Å². The molecule has 2 aromatic rings. The van der Waals surface area contributed by atoms with E-state index in [9.17, 15) is 9.90 Å². The minimum absolute atomic E-state index is 0.0750. The molecular weight excluding hydrogens is 516 g/mol. The van der Waals surface area contributed by atoms with E-state index in [0.717, 1.165) is 5.56 Å². The van der Waals surface area contributed by atoms with Gasteiger partial charge in [-0.05, 0) is 49.2 Å². The molecule has 1 N–H and O–H groups in total. The SMILES string of the molecule is CC1(C)OC[C@H]([C@@H]2O[C@@H](OCc3ccccc3C(=O)OCc3ccccc3)[C@H](O[Si](C)(C)C(C)(C)C)[C@H]2O)O1. The first-order chi connectivity index (χ1) is 18.3. The van der Waals surface area contributed by atoms with Gasteiger partial charge in [0, 0.05) is 0 Å². The van der Waals surface area contributed by atoms with Crippen LogP contribution in [0.3, 0.4) is 0 Å². The molecule has 2 aromatic carbocycles. The zero-order valence-corrected chi connectivity index (χ0v) is 25.0. The van der Waals surface area contributed by atoms with Crippen LogP contribution in [0.2, 0.25) is 18.1 Å². The lowest BCUT2D eigenvalue weighted by Gasteiger charge is -2.40. The first kappa shape index (κ1) is 29.9. The molecule has 9 heteroatoms. The molecule has 0 unspecified atom stereocenters. The zero-order chi connectivity index (χ0) is 28.4. The molecule has 0 spiro atoms. The van der Waals surface area contributed by atoms with E-state index < -0.39 is 50.8 Å². The lowest BCUT2D eigenvalue weighted by atomic mass is 10.1. The van der Waals surface area contributed by atoms with Gasteiger partial charge in [-0.2, -0.15) is 0 Å². The maximum Gasteiger partial charge on any atom is 0.338 e. The van der Waals surface area contributed by atoms with Crippen molar-refractivity contribution in [1.82, 2.24) is 0 Å². The number of aliphatic hydroxyl groups is 1. The fraction of sp³-hybridized carbons (Fsp3) is 0.567. The maximum atomic E-state index is 12.9. The van der Waals surface area contributed by atoms with Crippen LogP contribution in [-0.2, 0) is 41.3 Å². The van der Waals surface area contributed by atoms with Crippen molar-refractivity contribution in [3.05, 3.63) is 71.3 Å². The van der Waals surface area contributed by atoms with Gasteiger partial charge in [-0.3, -0.25) is 0 Å². The number of esters is 1. The molecule has 0 aliphatic carbocycles. The molecule has 4 rings (SSSR count). The van der Waals surface area contributed by atoms with Crippen LogP contribution in [0, 0.1) is 0 Å². The van der Waals surface area contributed by atoms with Crippen molar-refractivity contribution in [2.45, 2.75) is 102 Å². The van der Waals surface area contributed by atoms with Crippen LogP contribution in [0.5, 0.6) is 0 Å². The van der Waals surface area contributed by atoms with Gasteiger partial charge in [-0.1, -0.05) is 69.3 Å². The van der Waals surface area contributed by atoms with Crippen molar-refractivity contribution in [1.29, 1.82) is 0 Å². The summed E-state index contributed by atoms with van der Waals surface area (Å²) in [5.74, 6) is -1.20. The number of benzene rings is 2. The highest BCUT2D eigenvalue weighted by atomic mass is 28.4. The average molecular weight is 559 g/mol. The molecular formula is C30H42O8Si. The third-order valence-corrected chi connectivity index (χ3v) is 12.2. The zero-order valence-electron chi connectivity index (χ0n) is 24.0. The number of aliphatic hydroxyl groups excluding tert-OH is 1. The lowest BCUT2D eigenvalue weighted by molar-refractivity contribution is -0.196. The molecule has 2 fully saturated rings. The molecule has 0 radical (unpaired) electrons. The third-order valence-electron chi connectivity index (χ3n) is 7.72. The summed E-state index contributed by atoms with van der Waals surface area (Å²) in [5, 5.41) is 11.3. The Hall–Kier alpha value is -2.11. The largest absolute Gasteiger partial charge is 0.457 e. The molecule has 8 nitrogen and oxygen atoms in total. The van der Waals surface area contributed by atoms with E-state index in [1.54, 1.807) is 12.1 Å². The van der Waals surface area contributed by atoms with Crippen molar-refractivity contribution >= 4 is 14.3 Å². The Bertz CT molecular complexity index is 1110. The summed E-state index contributed by atoms with van der Waals surface area (Å²) in [5.41, 5.74) is 1.98. The van der Waals surface area contributed by atoms with E-state index in [1.165, 1.54) is 0 Å². The van der Waals surface area contributed by atoms with Crippen molar-refractivity contribution in [2.24, 2.45) is 0 Å². The van der Waals surface area contributed by atoms with Gasteiger partial charge in [0.2, 0.25) is 0 Å². The molecule has 5 atom stereocenters. The van der Waals surface area contributed by atoms with Crippen LogP contribution in [0.15, 0.2) is 54.6 Å². The molecule has 214 valence electrons. The van der Waals surface area contributed by atoms with E-state index in [1.807, 2.05) is 56.3 Å². The second kappa shape index (κ2) is 11.8.